The molecule has 2 heterocycles. The molecule has 7 heteroatoms. The van der Waals surface area contributed by atoms with Crippen LogP contribution in [0.1, 0.15) is 29.4 Å². The highest BCUT2D eigenvalue weighted by Crippen LogP contribution is 2.32. The number of amides is 2. The van der Waals surface area contributed by atoms with Crippen LogP contribution in [0.5, 0.6) is 0 Å². The van der Waals surface area contributed by atoms with Gasteiger partial charge in [-0.25, -0.2) is 9.78 Å². The Morgan fingerprint density at radius 2 is 2.00 bits per heavy atom. The summed E-state index contributed by atoms with van der Waals surface area (Å²) in [5.41, 5.74) is 3.39. The molecule has 0 saturated carbocycles. The number of carbonyl (C=O) groups is 2. The fourth-order valence-corrected chi connectivity index (χ4v) is 3.52. The van der Waals surface area contributed by atoms with Crippen LogP contribution in [0.25, 0.3) is 11.1 Å². The Morgan fingerprint density at radius 1 is 1.26 bits per heavy atom. The number of hydrogen-bond acceptors (Lipinski definition) is 4. The lowest BCUT2D eigenvalue weighted by Crippen LogP contribution is -2.35. The number of oxazole rings is 1. The van der Waals surface area contributed by atoms with Crippen molar-refractivity contribution in [2.75, 3.05) is 6.54 Å². The summed E-state index contributed by atoms with van der Waals surface area (Å²) < 4.78 is 5.65. The van der Waals surface area contributed by atoms with Crippen LogP contribution >= 0.6 is 11.6 Å². The van der Waals surface area contributed by atoms with E-state index in [0.717, 1.165) is 16.6 Å². The van der Waals surface area contributed by atoms with E-state index in [9.17, 15) is 9.59 Å². The van der Waals surface area contributed by atoms with Gasteiger partial charge in [-0.15, -0.1) is 0 Å². The second kappa shape index (κ2) is 7.04. The van der Waals surface area contributed by atoms with Crippen molar-refractivity contribution in [3.05, 3.63) is 64.5 Å². The Hall–Kier alpha value is -2.86. The van der Waals surface area contributed by atoms with E-state index in [1.807, 2.05) is 42.5 Å². The number of nitrogens with one attached hydrogen (secondary N) is 2. The molecule has 3 aromatic rings. The largest absolute Gasteiger partial charge is 0.441 e. The Morgan fingerprint density at radius 3 is 2.70 bits per heavy atom. The first-order valence-corrected chi connectivity index (χ1v) is 9.07. The van der Waals surface area contributed by atoms with Gasteiger partial charge in [0.15, 0.2) is 17.3 Å². The normalized spacial score (nSPS) is 17.6. The summed E-state index contributed by atoms with van der Waals surface area (Å²) >= 11 is 6.02. The summed E-state index contributed by atoms with van der Waals surface area (Å²) in [6.07, 6.45) is 0.257. The number of halogens is 1. The zero-order valence-corrected chi connectivity index (χ0v) is 15.4. The van der Waals surface area contributed by atoms with Crippen molar-refractivity contribution in [1.29, 1.82) is 0 Å². The van der Waals surface area contributed by atoms with E-state index in [1.165, 1.54) is 0 Å². The number of benzene rings is 2. The molecular formula is C20H18ClN3O3. The maximum atomic E-state index is 12.8. The number of hydrogen-bond donors (Lipinski definition) is 2. The van der Waals surface area contributed by atoms with Crippen molar-refractivity contribution in [1.82, 2.24) is 15.6 Å². The molecule has 1 unspecified atom stereocenters. The van der Waals surface area contributed by atoms with Crippen molar-refractivity contribution in [3.63, 3.8) is 0 Å². The molecule has 1 fully saturated rings. The van der Waals surface area contributed by atoms with Gasteiger partial charge >= 0.3 is 6.03 Å². The SMILES string of the molecule is Cc1nc2ccc(C(CC(=O)[C@@H]3CNC(=O)N3)c3ccc(Cl)cc3)cc2o1. The summed E-state index contributed by atoms with van der Waals surface area (Å²) in [5, 5.41) is 5.92. The van der Waals surface area contributed by atoms with Crippen LogP contribution in [-0.4, -0.2) is 29.4 Å². The van der Waals surface area contributed by atoms with Gasteiger partial charge in [0.1, 0.15) is 11.6 Å². The summed E-state index contributed by atoms with van der Waals surface area (Å²) in [4.78, 5) is 28.5. The molecule has 2 N–H and O–H groups in total. The number of carbonyl (C=O) groups excluding carboxylic acids is 2. The minimum atomic E-state index is -0.511. The number of aromatic nitrogens is 1. The van der Waals surface area contributed by atoms with Gasteiger partial charge in [0.05, 0.1) is 0 Å². The van der Waals surface area contributed by atoms with E-state index in [4.69, 9.17) is 16.0 Å². The lowest BCUT2D eigenvalue weighted by atomic mass is 9.85. The van der Waals surface area contributed by atoms with Crippen molar-refractivity contribution >= 4 is 34.5 Å². The van der Waals surface area contributed by atoms with Gasteiger partial charge in [-0.2, -0.15) is 0 Å². The van der Waals surface area contributed by atoms with Crippen LogP contribution in [0.4, 0.5) is 4.79 Å². The van der Waals surface area contributed by atoms with E-state index in [0.29, 0.717) is 23.0 Å². The smallest absolute Gasteiger partial charge is 0.315 e. The number of urea groups is 1. The van der Waals surface area contributed by atoms with Crippen LogP contribution in [-0.2, 0) is 4.79 Å². The number of aryl methyl sites for hydroxylation is 1. The highest BCUT2D eigenvalue weighted by molar-refractivity contribution is 6.30. The molecule has 0 aliphatic carbocycles. The molecule has 4 rings (SSSR count). The number of Topliss-reactive ketones (excluding diaryl/α,β-unsaturated/α-hetero) is 1. The van der Waals surface area contributed by atoms with Crippen LogP contribution in [0, 0.1) is 6.92 Å². The Balaban J connectivity index is 1.69. The maximum Gasteiger partial charge on any atom is 0.315 e. The van der Waals surface area contributed by atoms with Gasteiger partial charge in [0.25, 0.3) is 0 Å². The number of nitrogens with zero attached hydrogens (tertiary/aromatic N) is 1. The predicted octanol–water partition coefficient (Wildman–Crippen LogP) is 3.56. The zero-order valence-electron chi connectivity index (χ0n) is 14.7. The lowest BCUT2D eigenvalue weighted by Gasteiger charge is -2.19. The van der Waals surface area contributed by atoms with E-state index >= 15 is 0 Å². The van der Waals surface area contributed by atoms with Crippen molar-refractivity contribution in [2.24, 2.45) is 0 Å². The van der Waals surface area contributed by atoms with E-state index < -0.39 is 6.04 Å². The molecular weight excluding hydrogens is 366 g/mol. The molecule has 2 amide bonds. The molecule has 2 aromatic carbocycles. The molecule has 2 atom stereocenters. The highest BCUT2D eigenvalue weighted by Gasteiger charge is 2.29. The molecule has 6 nitrogen and oxygen atoms in total. The minimum Gasteiger partial charge on any atom is -0.441 e. The molecule has 1 aliphatic heterocycles. The van der Waals surface area contributed by atoms with Gasteiger partial charge in [0.2, 0.25) is 0 Å². The van der Waals surface area contributed by atoms with Gasteiger partial charge < -0.3 is 15.1 Å². The highest BCUT2D eigenvalue weighted by atomic mass is 35.5. The molecule has 1 saturated heterocycles. The molecule has 138 valence electrons. The Labute approximate surface area is 160 Å². The second-order valence-electron chi connectivity index (χ2n) is 6.64. The minimum absolute atomic E-state index is 0.0258. The molecule has 1 aliphatic rings. The molecule has 0 radical (unpaired) electrons. The molecule has 0 bridgehead atoms. The standard InChI is InChI=1S/C20H18ClN3O3/c1-11-23-16-7-4-13(8-19(16)27-11)15(12-2-5-14(21)6-3-12)9-18(25)17-10-22-20(26)24-17/h2-8,15,17H,9-10H2,1H3,(H2,22,24,26)/t15?,17-/m0/s1. The first kappa shape index (κ1) is 17.5. The first-order valence-electron chi connectivity index (χ1n) is 8.69. The first-order chi connectivity index (χ1) is 13.0. The van der Waals surface area contributed by atoms with Crippen molar-refractivity contribution in [2.45, 2.75) is 25.3 Å². The molecule has 1 aromatic heterocycles. The molecule has 27 heavy (non-hydrogen) atoms. The lowest BCUT2D eigenvalue weighted by molar-refractivity contribution is -0.120. The van der Waals surface area contributed by atoms with E-state index in [1.54, 1.807) is 6.92 Å². The van der Waals surface area contributed by atoms with Gasteiger partial charge in [-0.05, 0) is 35.4 Å². The van der Waals surface area contributed by atoms with Gasteiger partial charge in [-0.1, -0.05) is 29.8 Å². The topological polar surface area (TPSA) is 84.2 Å². The monoisotopic (exact) mass is 383 g/mol. The fraction of sp³-hybridized carbons (Fsp3) is 0.250. The third-order valence-electron chi connectivity index (χ3n) is 4.76. The van der Waals surface area contributed by atoms with Gasteiger partial charge in [0, 0.05) is 30.8 Å². The summed E-state index contributed by atoms with van der Waals surface area (Å²) in [6.45, 7) is 2.11. The van der Waals surface area contributed by atoms with Crippen molar-refractivity contribution < 1.29 is 14.0 Å². The number of fused-ring (bicyclic) bond motifs is 1. The van der Waals surface area contributed by atoms with Crippen LogP contribution < -0.4 is 10.6 Å². The van der Waals surface area contributed by atoms with Crippen LogP contribution in [0.2, 0.25) is 5.02 Å². The Bertz CT molecular complexity index is 1010. The summed E-state index contributed by atoms with van der Waals surface area (Å²) in [7, 11) is 0. The summed E-state index contributed by atoms with van der Waals surface area (Å²) in [6, 6.07) is 12.4. The fourth-order valence-electron chi connectivity index (χ4n) is 3.39. The average Bonchev–Trinajstić information content (AvgIpc) is 3.24. The molecule has 0 spiro atoms. The summed E-state index contributed by atoms with van der Waals surface area (Å²) in [5.74, 6) is 0.394. The quantitative estimate of drug-likeness (QED) is 0.705. The maximum absolute atomic E-state index is 12.8. The van der Waals surface area contributed by atoms with E-state index in [-0.39, 0.29) is 24.2 Å². The van der Waals surface area contributed by atoms with E-state index in [2.05, 4.69) is 15.6 Å². The number of rotatable bonds is 5. The second-order valence-corrected chi connectivity index (χ2v) is 7.08. The zero-order chi connectivity index (χ0) is 19.0. The number of ketones is 1. The van der Waals surface area contributed by atoms with Crippen molar-refractivity contribution in [3.8, 4) is 0 Å². The Kier molecular flexibility index (Phi) is 4.58. The van der Waals surface area contributed by atoms with Crippen LogP contribution in [0.15, 0.2) is 46.9 Å². The third-order valence-corrected chi connectivity index (χ3v) is 5.01. The third kappa shape index (κ3) is 3.66. The average molecular weight is 384 g/mol. The predicted molar refractivity (Wildman–Crippen MR) is 102 cm³/mol. The van der Waals surface area contributed by atoms with Crippen LogP contribution in [0.3, 0.4) is 0 Å². The van der Waals surface area contributed by atoms with Gasteiger partial charge in [-0.3, -0.25) is 4.79 Å².